The number of pyridine rings is 1. The highest BCUT2D eigenvalue weighted by Gasteiger charge is 2.18. The lowest BCUT2D eigenvalue weighted by atomic mass is 9.92. The molecule has 8 aromatic carbocycles. The van der Waals surface area contributed by atoms with Crippen molar-refractivity contribution in [1.82, 2.24) is 19.1 Å². The molecule has 0 spiro atoms. The van der Waals surface area contributed by atoms with Gasteiger partial charge in [-0.05, 0) is 59.7 Å². The highest BCUT2D eigenvalue weighted by molar-refractivity contribution is 6.24. The molecule has 0 aliphatic heterocycles. The maximum Gasteiger partial charge on any atom is 0.141 e. The normalized spacial score (nSPS) is 11.9. The summed E-state index contributed by atoms with van der Waals surface area (Å²) in [6, 6.07) is 63.3. The number of fused-ring (bicyclic) bond motifs is 9. The minimum Gasteiger partial charge on any atom is -0.324 e. The monoisotopic (exact) mass is 690 g/mol. The summed E-state index contributed by atoms with van der Waals surface area (Å²) in [5, 5.41) is 8.51. The van der Waals surface area contributed by atoms with Crippen LogP contribution in [0.2, 0.25) is 0 Å². The van der Waals surface area contributed by atoms with Gasteiger partial charge in [0.15, 0.2) is 0 Å². The molecule has 0 saturated heterocycles. The molecule has 0 bridgehead atoms. The van der Waals surface area contributed by atoms with E-state index >= 15 is 0 Å². The number of nitrogens with zero attached hydrogens (tertiary/aromatic N) is 4. The van der Waals surface area contributed by atoms with Crippen LogP contribution in [0, 0.1) is 0 Å². The maximum absolute atomic E-state index is 5.56. The third-order valence-corrected chi connectivity index (χ3v) is 11.1. The van der Waals surface area contributed by atoms with E-state index in [4.69, 9.17) is 9.97 Å². The summed E-state index contributed by atoms with van der Waals surface area (Å²) < 4.78 is 4.66. The average Bonchev–Trinajstić information content (AvgIpc) is 3.79. The van der Waals surface area contributed by atoms with Crippen LogP contribution in [0.15, 0.2) is 176 Å². The third-order valence-electron chi connectivity index (χ3n) is 11.1. The Morgan fingerprint density at radius 3 is 1.80 bits per heavy atom. The molecule has 0 aliphatic carbocycles. The molecule has 0 fully saturated rings. The van der Waals surface area contributed by atoms with Crippen molar-refractivity contribution in [2.24, 2.45) is 0 Å². The van der Waals surface area contributed by atoms with Crippen LogP contribution in [0.5, 0.6) is 0 Å². The number of benzene rings is 8. The van der Waals surface area contributed by atoms with Crippen LogP contribution < -0.4 is 0 Å². The minimum atomic E-state index is 0.855. The van der Waals surface area contributed by atoms with Crippen LogP contribution in [0.25, 0.3) is 105 Å². The van der Waals surface area contributed by atoms with Crippen molar-refractivity contribution in [2.75, 3.05) is 0 Å². The number of rotatable bonds is 5. The molecule has 0 N–H and O–H groups in total. The Balaban J connectivity index is 1.09. The minimum absolute atomic E-state index is 0.855. The zero-order valence-electron chi connectivity index (χ0n) is 29.7. The maximum atomic E-state index is 5.56. The molecule has 4 heteroatoms. The molecule has 0 unspecified atom stereocenters. The number of aromatic nitrogens is 4. The van der Waals surface area contributed by atoms with Crippen molar-refractivity contribution in [1.29, 1.82) is 0 Å². The molecule has 0 atom stereocenters. The zero-order valence-corrected chi connectivity index (χ0v) is 29.7. The Kier molecular flexibility index (Phi) is 6.80. The zero-order chi connectivity index (χ0) is 35.8. The van der Waals surface area contributed by atoms with Crippen molar-refractivity contribution in [3.63, 3.8) is 0 Å². The fourth-order valence-electron chi connectivity index (χ4n) is 8.63. The van der Waals surface area contributed by atoms with E-state index in [9.17, 15) is 0 Å². The molecule has 3 aromatic heterocycles. The molecule has 3 heterocycles. The lowest BCUT2D eigenvalue weighted by Gasteiger charge is -2.16. The van der Waals surface area contributed by atoms with Gasteiger partial charge in [-0.15, -0.1) is 0 Å². The van der Waals surface area contributed by atoms with E-state index in [1.165, 1.54) is 38.0 Å². The molecule has 11 aromatic rings. The summed E-state index contributed by atoms with van der Waals surface area (Å²) in [6.07, 6.45) is 0. The summed E-state index contributed by atoms with van der Waals surface area (Å²) in [5.74, 6) is 0.991. The van der Waals surface area contributed by atoms with Crippen molar-refractivity contribution in [3.05, 3.63) is 176 Å². The smallest absolute Gasteiger partial charge is 0.141 e. The fraction of sp³-hybridized carbons (Fsp3) is 0.0400. The van der Waals surface area contributed by atoms with E-state index < -0.39 is 0 Å². The van der Waals surface area contributed by atoms with Crippen molar-refractivity contribution in [3.8, 4) is 39.5 Å². The highest BCUT2D eigenvalue weighted by atomic mass is 15.1. The van der Waals surface area contributed by atoms with Crippen LogP contribution in [0.1, 0.15) is 6.92 Å². The van der Waals surface area contributed by atoms with Crippen LogP contribution in [0.4, 0.5) is 0 Å². The second-order valence-electron chi connectivity index (χ2n) is 14.0. The molecular weight excluding hydrogens is 657 g/mol. The molecule has 0 amide bonds. The SMILES string of the molecule is CCn1c(-c2ccc(-c3cccc4c3nc(-c3ccc(-n5c6ccccc6c6ccccc65)cc3)c3ccc5ccccc5c34)cc2)nc2ccccc21. The Labute approximate surface area is 312 Å². The molecule has 0 aliphatic rings. The van der Waals surface area contributed by atoms with Gasteiger partial charge in [-0.25, -0.2) is 9.97 Å². The topological polar surface area (TPSA) is 35.6 Å². The van der Waals surface area contributed by atoms with Crippen LogP contribution in [-0.2, 0) is 6.54 Å². The summed E-state index contributed by atoms with van der Waals surface area (Å²) in [6.45, 7) is 3.03. The lowest BCUT2D eigenvalue weighted by Crippen LogP contribution is -1.97. The van der Waals surface area contributed by atoms with E-state index in [-0.39, 0.29) is 0 Å². The fourth-order valence-corrected chi connectivity index (χ4v) is 8.63. The Bertz CT molecular complexity index is 3190. The van der Waals surface area contributed by atoms with Crippen molar-refractivity contribution >= 4 is 65.3 Å². The van der Waals surface area contributed by atoms with Crippen molar-refractivity contribution in [2.45, 2.75) is 13.5 Å². The number of para-hydroxylation sites is 5. The quantitative estimate of drug-likeness (QED) is 0.169. The predicted molar refractivity (Wildman–Crippen MR) is 226 cm³/mol. The molecule has 54 heavy (non-hydrogen) atoms. The second-order valence-corrected chi connectivity index (χ2v) is 14.0. The van der Waals surface area contributed by atoms with E-state index in [0.29, 0.717) is 0 Å². The van der Waals surface area contributed by atoms with Gasteiger partial charge in [0.05, 0.1) is 33.3 Å². The van der Waals surface area contributed by atoms with Gasteiger partial charge in [0.25, 0.3) is 0 Å². The van der Waals surface area contributed by atoms with Gasteiger partial charge in [0.2, 0.25) is 0 Å². The first-order valence-electron chi connectivity index (χ1n) is 18.6. The Hall–Kier alpha value is -7.04. The Morgan fingerprint density at radius 1 is 0.444 bits per heavy atom. The molecule has 4 nitrogen and oxygen atoms in total. The number of hydrogen-bond donors (Lipinski definition) is 0. The molecule has 11 rings (SSSR count). The summed E-state index contributed by atoms with van der Waals surface area (Å²) in [5.41, 5.74) is 12.1. The van der Waals surface area contributed by atoms with Gasteiger partial charge >= 0.3 is 0 Å². The van der Waals surface area contributed by atoms with E-state index in [2.05, 4.69) is 192 Å². The van der Waals surface area contributed by atoms with Gasteiger partial charge in [-0.2, -0.15) is 0 Å². The van der Waals surface area contributed by atoms with Gasteiger partial charge in [-0.1, -0.05) is 140 Å². The number of imidazole rings is 1. The number of aryl methyl sites for hydroxylation is 1. The predicted octanol–water partition coefficient (Wildman–Crippen LogP) is 13.0. The summed E-state index contributed by atoms with van der Waals surface area (Å²) in [7, 11) is 0. The van der Waals surface area contributed by atoms with Crippen LogP contribution in [-0.4, -0.2) is 19.1 Å². The van der Waals surface area contributed by atoms with Crippen LogP contribution >= 0.6 is 0 Å². The van der Waals surface area contributed by atoms with E-state index in [1.54, 1.807) is 0 Å². The molecule has 254 valence electrons. The van der Waals surface area contributed by atoms with Crippen LogP contribution in [0.3, 0.4) is 0 Å². The Morgan fingerprint density at radius 2 is 1.06 bits per heavy atom. The number of hydrogen-bond acceptors (Lipinski definition) is 2. The molecule has 0 radical (unpaired) electrons. The van der Waals surface area contributed by atoms with E-state index in [0.717, 1.165) is 73.3 Å². The first kappa shape index (κ1) is 30.6. The van der Waals surface area contributed by atoms with Crippen molar-refractivity contribution < 1.29 is 0 Å². The summed E-state index contributed by atoms with van der Waals surface area (Å²) >= 11 is 0. The van der Waals surface area contributed by atoms with Gasteiger partial charge in [-0.3, -0.25) is 0 Å². The van der Waals surface area contributed by atoms with E-state index in [1.807, 2.05) is 0 Å². The average molecular weight is 691 g/mol. The lowest BCUT2D eigenvalue weighted by molar-refractivity contribution is 0.796. The second kappa shape index (κ2) is 12.0. The van der Waals surface area contributed by atoms with Gasteiger partial charge in [0.1, 0.15) is 5.82 Å². The largest absolute Gasteiger partial charge is 0.324 e. The third kappa shape index (κ3) is 4.56. The van der Waals surface area contributed by atoms with Gasteiger partial charge < -0.3 is 9.13 Å². The first-order chi connectivity index (χ1) is 26.7. The first-order valence-corrected chi connectivity index (χ1v) is 18.6. The molecule has 0 saturated carbocycles. The highest BCUT2D eigenvalue weighted by Crippen LogP contribution is 2.41. The van der Waals surface area contributed by atoms with Gasteiger partial charge in [0, 0.05) is 55.9 Å². The standard InChI is InChI=1S/C50H34N4/c1-2-53-46-21-10-7-18-43(46)51-50(53)35-24-22-33(23-25-35)38-16-11-17-41-47-37-13-4-3-12-32(37)28-31-42(47)48(52-49(38)41)34-26-29-36(30-27-34)54-44-19-8-5-14-39(44)40-15-6-9-20-45(40)54/h3-31H,2H2,1H3. The summed E-state index contributed by atoms with van der Waals surface area (Å²) in [4.78, 5) is 10.6. The molecular formula is C50H34N4.